The van der Waals surface area contributed by atoms with Crippen molar-refractivity contribution in [1.82, 2.24) is 9.97 Å². The normalized spacial score (nSPS) is 10.5. The Labute approximate surface area is 178 Å². The molecule has 0 atom stereocenters. The van der Waals surface area contributed by atoms with Gasteiger partial charge in [0.1, 0.15) is 5.69 Å². The molecule has 0 bridgehead atoms. The molecule has 0 radical (unpaired) electrons. The Morgan fingerprint density at radius 2 is 1.40 bits per heavy atom. The molecule has 0 spiro atoms. The second-order valence-corrected chi connectivity index (χ2v) is 7.49. The van der Waals surface area contributed by atoms with Gasteiger partial charge in [0.2, 0.25) is 11.9 Å². The molecule has 1 amide bonds. The van der Waals surface area contributed by atoms with Crippen molar-refractivity contribution in [3.63, 3.8) is 0 Å². The van der Waals surface area contributed by atoms with Crippen molar-refractivity contribution in [1.29, 1.82) is 0 Å². The number of nitrogens with one attached hydrogen (secondary N) is 3. The van der Waals surface area contributed by atoms with Crippen molar-refractivity contribution in [3.05, 3.63) is 65.4 Å². The molecule has 30 heavy (non-hydrogen) atoms. The summed E-state index contributed by atoms with van der Waals surface area (Å²) < 4.78 is 0. The number of aromatic nitrogens is 2. The lowest BCUT2D eigenvalue weighted by Gasteiger charge is -2.16. The van der Waals surface area contributed by atoms with E-state index < -0.39 is 0 Å². The Kier molecular flexibility index (Phi) is 7.01. The van der Waals surface area contributed by atoms with Gasteiger partial charge in [-0.1, -0.05) is 48.7 Å². The van der Waals surface area contributed by atoms with Gasteiger partial charge in [0.05, 0.1) is 5.69 Å². The smallest absolute Gasteiger partial charge is 0.229 e. The van der Waals surface area contributed by atoms with Crippen LogP contribution in [-0.4, -0.2) is 15.9 Å². The van der Waals surface area contributed by atoms with E-state index in [1.165, 1.54) is 11.1 Å². The van der Waals surface area contributed by atoms with E-state index in [-0.39, 0.29) is 5.91 Å². The molecule has 0 saturated heterocycles. The summed E-state index contributed by atoms with van der Waals surface area (Å²) in [5.41, 5.74) is 5.45. The van der Waals surface area contributed by atoms with Gasteiger partial charge in [0.25, 0.3) is 0 Å². The largest absolute Gasteiger partial charge is 0.338 e. The number of anilines is 5. The van der Waals surface area contributed by atoms with Crippen LogP contribution in [0.25, 0.3) is 0 Å². The van der Waals surface area contributed by atoms with Crippen LogP contribution >= 0.6 is 0 Å². The maximum Gasteiger partial charge on any atom is 0.229 e. The fraction of sp³-hybridized carbons (Fsp3) is 0.292. The summed E-state index contributed by atoms with van der Waals surface area (Å²) in [5.74, 6) is 0.998. The van der Waals surface area contributed by atoms with Crippen LogP contribution in [0, 0.1) is 20.8 Å². The molecule has 0 unspecified atom stereocenters. The molecule has 156 valence electrons. The molecule has 3 aromatic rings. The molecule has 0 aliphatic rings. The first-order valence-corrected chi connectivity index (χ1v) is 10.3. The Balaban J connectivity index is 1.92. The number of unbranched alkanes of at least 4 members (excludes halogenated alkanes) is 1. The van der Waals surface area contributed by atoms with E-state index in [0.717, 1.165) is 24.2 Å². The number of rotatable bonds is 8. The minimum absolute atomic E-state index is 0.0326. The number of carbonyl (C=O) groups excluding carboxylic acids is 1. The van der Waals surface area contributed by atoms with Crippen LogP contribution in [0.5, 0.6) is 0 Å². The molecular weight excluding hydrogens is 374 g/mol. The van der Waals surface area contributed by atoms with Gasteiger partial charge in [-0.15, -0.1) is 0 Å². The van der Waals surface area contributed by atoms with Gasteiger partial charge in [-0.05, 0) is 51.5 Å². The van der Waals surface area contributed by atoms with Gasteiger partial charge in [0.15, 0.2) is 5.82 Å². The lowest BCUT2D eigenvalue weighted by atomic mass is 10.2. The summed E-state index contributed by atoms with van der Waals surface area (Å²) in [6.07, 6.45) is 2.29. The summed E-state index contributed by atoms with van der Waals surface area (Å²) in [6, 6.07) is 16.1. The monoisotopic (exact) mass is 403 g/mol. The zero-order chi connectivity index (χ0) is 21.5. The predicted molar refractivity (Wildman–Crippen MR) is 124 cm³/mol. The van der Waals surface area contributed by atoms with Gasteiger partial charge >= 0.3 is 0 Å². The first-order valence-electron chi connectivity index (χ1n) is 10.3. The first kappa shape index (κ1) is 21.3. The maximum absolute atomic E-state index is 12.4. The minimum Gasteiger partial charge on any atom is -0.338 e. The highest BCUT2D eigenvalue weighted by Gasteiger charge is 2.15. The SMILES string of the molecule is CCCCC(=O)Nc1c(C)nc(Nc2ccc(C)cc2)nc1Nc1ccc(C)cc1. The molecule has 1 heterocycles. The van der Waals surface area contributed by atoms with E-state index in [1.54, 1.807) is 0 Å². The van der Waals surface area contributed by atoms with Crippen LogP contribution in [-0.2, 0) is 4.79 Å². The molecule has 0 aliphatic carbocycles. The van der Waals surface area contributed by atoms with Crippen molar-refractivity contribution in [3.8, 4) is 0 Å². The molecule has 0 fully saturated rings. The van der Waals surface area contributed by atoms with E-state index in [2.05, 4.69) is 32.8 Å². The van der Waals surface area contributed by atoms with Crippen LogP contribution in [0.15, 0.2) is 48.5 Å². The number of hydrogen-bond acceptors (Lipinski definition) is 5. The maximum atomic E-state index is 12.4. The molecule has 0 aliphatic heterocycles. The van der Waals surface area contributed by atoms with E-state index in [4.69, 9.17) is 0 Å². The molecule has 6 heteroatoms. The predicted octanol–water partition coefficient (Wildman–Crippen LogP) is 6.02. The fourth-order valence-electron chi connectivity index (χ4n) is 2.95. The molecule has 6 nitrogen and oxygen atoms in total. The summed E-state index contributed by atoms with van der Waals surface area (Å²) in [6.45, 7) is 8.03. The number of amides is 1. The minimum atomic E-state index is -0.0326. The van der Waals surface area contributed by atoms with E-state index >= 15 is 0 Å². The standard InChI is InChI=1S/C24H29N5O/c1-5-6-7-21(30)28-22-18(4)25-24(27-20-14-10-17(3)11-15-20)29-23(22)26-19-12-8-16(2)9-13-19/h8-15H,5-7H2,1-4H3,(H,28,30)(H2,25,26,27,29). The van der Waals surface area contributed by atoms with Gasteiger partial charge in [-0.25, -0.2) is 4.98 Å². The third-order valence-corrected chi connectivity index (χ3v) is 4.73. The van der Waals surface area contributed by atoms with E-state index in [1.807, 2.05) is 69.3 Å². The van der Waals surface area contributed by atoms with Crippen molar-refractivity contribution in [2.75, 3.05) is 16.0 Å². The summed E-state index contributed by atoms with van der Waals surface area (Å²) in [7, 11) is 0. The Morgan fingerprint density at radius 3 is 1.97 bits per heavy atom. The van der Waals surface area contributed by atoms with Crippen LogP contribution < -0.4 is 16.0 Å². The van der Waals surface area contributed by atoms with Crippen LogP contribution in [0.2, 0.25) is 0 Å². The Morgan fingerprint density at radius 1 is 0.833 bits per heavy atom. The van der Waals surface area contributed by atoms with E-state index in [0.29, 0.717) is 29.6 Å². The summed E-state index contributed by atoms with van der Waals surface area (Å²) >= 11 is 0. The summed E-state index contributed by atoms with van der Waals surface area (Å²) in [4.78, 5) is 21.6. The Hall–Kier alpha value is -3.41. The lowest BCUT2D eigenvalue weighted by molar-refractivity contribution is -0.116. The van der Waals surface area contributed by atoms with Gasteiger partial charge in [0, 0.05) is 17.8 Å². The first-order chi connectivity index (χ1) is 14.4. The molecule has 2 aromatic carbocycles. The van der Waals surface area contributed by atoms with Gasteiger partial charge < -0.3 is 16.0 Å². The average Bonchev–Trinajstić information content (AvgIpc) is 2.72. The lowest BCUT2D eigenvalue weighted by Crippen LogP contribution is -2.15. The second kappa shape index (κ2) is 9.87. The molecule has 0 saturated carbocycles. The van der Waals surface area contributed by atoms with Crippen molar-refractivity contribution >= 4 is 34.7 Å². The third kappa shape index (κ3) is 5.80. The van der Waals surface area contributed by atoms with Crippen LogP contribution in [0.1, 0.15) is 43.0 Å². The van der Waals surface area contributed by atoms with Crippen molar-refractivity contribution in [2.24, 2.45) is 0 Å². The fourth-order valence-corrected chi connectivity index (χ4v) is 2.95. The number of benzene rings is 2. The number of nitrogens with zero attached hydrogens (tertiary/aromatic N) is 2. The highest BCUT2D eigenvalue weighted by Crippen LogP contribution is 2.29. The molecular formula is C24H29N5O. The Bertz CT molecular complexity index is 997. The van der Waals surface area contributed by atoms with Crippen molar-refractivity contribution < 1.29 is 4.79 Å². The molecule has 3 N–H and O–H groups in total. The highest BCUT2D eigenvalue weighted by molar-refractivity contribution is 5.95. The van der Waals surface area contributed by atoms with Crippen molar-refractivity contribution in [2.45, 2.75) is 47.0 Å². The van der Waals surface area contributed by atoms with Gasteiger partial charge in [-0.2, -0.15) is 4.98 Å². The van der Waals surface area contributed by atoms with Crippen LogP contribution in [0.4, 0.5) is 28.8 Å². The topological polar surface area (TPSA) is 78.9 Å². The van der Waals surface area contributed by atoms with Crippen LogP contribution in [0.3, 0.4) is 0 Å². The van der Waals surface area contributed by atoms with E-state index in [9.17, 15) is 4.79 Å². The highest BCUT2D eigenvalue weighted by atomic mass is 16.1. The third-order valence-electron chi connectivity index (χ3n) is 4.73. The molecule has 3 rings (SSSR count). The quantitative estimate of drug-likeness (QED) is 0.429. The zero-order valence-corrected chi connectivity index (χ0v) is 18.0. The molecule has 1 aromatic heterocycles. The number of hydrogen-bond donors (Lipinski definition) is 3. The average molecular weight is 404 g/mol. The number of aryl methyl sites for hydroxylation is 3. The summed E-state index contributed by atoms with van der Waals surface area (Å²) in [5, 5.41) is 9.57. The number of carbonyl (C=O) groups is 1. The second-order valence-electron chi connectivity index (χ2n) is 7.49. The van der Waals surface area contributed by atoms with Gasteiger partial charge in [-0.3, -0.25) is 4.79 Å². The zero-order valence-electron chi connectivity index (χ0n) is 18.0.